The fourth-order valence-corrected chi connectivity index (χ4v) is 4.18. The van der Waals surface area contributed by atoms with Gasteiger partial charge in [-0.2, -0.15) is 0 Å². The highest BCUT2D eigenvalue weighted by atomic mass is 16.5. The van der Waals surface area contributed by atoms with Crippen LogP contribution in [-0.2, 0) is 17.7 Å². The Morgan fingerprint density at radius 2 is 2.00 bits per heavy atom. The summed E-state index contributed by atoms with van der Waals surface area (Å²) in [4.78, 5) is 28.1. The lowest BCUT2D eigenvalue weighted by Gasteiger charge is -2.26. The summed E-state index contributed by atoms with van der Waals surface area (Å²) in [7, 11) is 0. The number of hydrogen-bond donors (Lipinski definition) is 1. The van der Waals surface area contributed by atoms with Crippen molar-refractivity contribution in [1.29, 1.82) is 0 Å². The van der Waals surface area contributed by atoms with Crippen LogP contribution < -0.4 is 15.6 Å². The number of pyridine rings is 1. The lowest BCUT2D eigenvalue weighted by atomic mass is 10.1. The van der Waals surface area contributed by atoms with Crippen molar-refractivity contribution >= 4 is 5.91 Å². The Hall–Kier alpha value is -1.86. The second-order valence-electron chi connectivity index (χ2n) is 8.45. The van der Waals surface area contributed by atoms with Gasteiger partial charge in [-0.1, -0.05) is 6.42 Å². The van der Waals surface area contributed by atoms with Gasteiger partial charge in [0.15, 0.2) is 0 Å². The highest BCUT2D eigenvalue weighted by Crippen LogP contribution is 2.31. The molecule has 3 heterocycles. The average molecular weight is 404 g/mol. The molecule has 4 rings (SSSR count). The second kappa shape index (κ2) is 9.76. The summed E-state index contributed by atoms with van der Waals surface area (Å²) in [6, 6.07) is 1.53. The number of ether oxygens (including phenoxy) is 2. The molecular formula is C22H33N3O4. The van der Waals surface area contributed by atoms with Gasteiger partial charge in [-0.05, 0) is 51.0 Å². The van der Waals surface area contributed by atoms with E-state index in [1.165, 1.54) is 18.9 Å². The number of aromatic nitrogens is 1. The predicted molar refractivity (Wildman–Crippen MR) is 111 cm³/mol. The summed E-state index contributed by atoms with van der Waals surface area (Å²) < 4.78 is 13.1. The first-order valence-corrected chi connectivity index (χ1v) is 11.2. The topological polar surface area (TPSA) is 72.8 Å². The summed E-state index contributed by atoms with van der Waals surface area (Å²) in [6.45, 7) is 6.37. The van der Waals surface area contributed by atoms with Gasteiger partial charge in [0.1, 0.15) is 11.3 Å². The van der Waals surface area contributed by atoms with E-state index in [4.69, 9.17) is 9.47 Å². The van der Waals surface area contributed by atoms with Crippen LogP contribution in [0.3, 0.4) is 0 Å². The lowest BCUT2D eigenvalue weighted by Crippen LogP contribution is -2.38. The number of carbonyl (C=O) groups excluding carboxylic acids is 1. The van der Waals surface area contributed by atoms with Crippen molar-refractivity contribution in [3.8, 4) is 5.75 Å². The minimum Gasteiger partial charge on any atom is -0.492 e. The van der Waals surface area contributed by atoms with Gasteiger partial charge in [0.25, 0.3) is 11.5 Å². The van der Waals surface area contributed by atoms with Crippen molar-refractivity contribution in [2.45, 2.75) is 51.5 Å². The van der Waals surface area contributed by atoms with Crippen molar-refractivity contribution in [3.63, 3.8) is 0 Å². The molecule has 1 saturated heterocycles. The summed E-state index contributed by atoms with van der Waals surface area (Å²) >= 11 is 0. The number of hydrogen-bond acceptors (Lipinski definition) is 5. The molecule has 1 N–H and O–H groups in total. The van der Waals surface area contributed by atoms with Crippen molar-refractivity contribution in [2.24, 2.45) is 5.92 Å². The molecule has 0 unspecified atom stereocenters. The van der Waals surface area contributed by atoms with Crippen LogP contribution in [0.15, 0.2) is 10.9 Å². The first-order valence-electron chi connectivity index (χ1n) is 11.2. The van der Waals surface area contributed by atoms with E-state index in [1.807, 2.05) is 0 Å². The van der Waals surface area contributed by atoms with E-state index < -0.39 is 0 Å². The molecule has 29 heavy (non-hydrogen) atoms. The van der Waals surface area contributed by atoms with E-state index in [2.05, 4.69) is 10.2 Å². The SMILES string of the molecule is O=C(NCCCN1CCOCC1)c1c(OCC2CC2)cc(=O)n2c1CCCCC2. The highest BCUT2D eigenvalue weighted by molar-refractivity contribution is 5.98. The Balaban J connectivity index is 1.45. The van der Waals surface area contributed by atoms with Gasteiger partial charge in [-0.15, -0.1) is 0 Å². The predicted octanol–water partition coefficient (Wildman–Crippen LogP) is 1.82. The summed E-state index contributed by atoms with van der Waals surface area (Å²) in [6.07, 6.45) is 7.07. The minimum atomic E-state index is -0.108. The van der Waals surface area contributed by atoms with Crippen LogP contribution in [0.1, 0.15) is 54.6 Å². The zero-order chi connectivity index (χ0) is 20.1. The molecule has 1 aromatic heterocycles. The molecule has 7 nitrogen and oxygen atoms in total. The largest absolute Gasteiger partial charge is 0.492 e. The zero-order valence-corrected chi connectivity index (χ0v) is 17.3. The Morgan fingerprint density at radius 1 is 1.17 bits per heavy atom. The molecule has 1 amide bonds. The van der Waals surface area contributed by atoms with Crippen molar-refractivity contribution in [1.82, 2.24) is 14.8 Å². The van der Waals surface area contributed by atoms with E-state index >= 15 is 0 Å². The number of amides is 1. The van der Waals surface area contributed by atoms with Gasteiger partial charge in [0, 0.05) is 37.9 Å². The summed E-state index contributed by atoms with van der Waals surface area (Å²) in [5.41, 5.74) is 1.39. The molecule has 0 atom stereocenters. The third-order valence-corrected chi connectivity index (χ3v) is 6.12. The van der Waals surface area contributed by atoms with Crippen molar-refractivity contribution < 1.29 is 14.3 Å². The number of rotatable bonds is 8. The van der Waals surface area contributed by atoms with Crippen LogP contribution in [0.25, 0.3) is 0 Å². The second-order valence-corrected chi connectivity index (χ2v) is 8.45. The van der Waals surface area contributed by atoms with Gasteiger partial charge in [0.05, 0.1) is 19.8 Å². The smallest absolute Gasteiger partial charge is 0.256 e. The summed E-state index contributed by atoms with van der Waals surface area (Å²) in [5, 5.41) is 3.08. The Bertz CT molecular complexity index is 766. The molecule has 2 aliphatic heterocycles. The average Bonchev–Trinajstić information content (AvgIpc) is 3.57. The molecule has 3 aliphatic rings. The highest BCUT2D eigenvalue weighted by Gasteiger charge is 2.26. The fraction of sp³-hybridized carbons (Fsp3) is 0.727. The van der Waals surface area contributed by atoms with E-state index in [-0.39, 0.29) is 11.5 Å². The number of morpholine rings is 1. The molecule has 7 heteroatoms. The van der Waals surface area contributed by atoms with Crippen molar-refractivity contribution in [2.75, 3.05) is 46.0 Å². The quantitative estimate of drug-likeness (QED) is 0.671. The number of carbonyl (C=O) groups is 1. The van der Waals surface area contributed by atoms with Crippen LogP contribution in [-0.4, -0.2) is 61.4 Å². The zero-order valence-electron chi connectivity index (χ0n) is 17.3. The molecule has 0 radical (unpaired) electrons. The van der Waals surface area contributed by atoms with Gasteiger partial charge in [-0.3, -0.25) is 14.5 Å². The minimum absolute atomic E-state index is 0.0448. The molecule has 0 bridgehead atoms. The lowest BCUT2D eigenvalue weighted by molar-refractivity contribution is 0.0374. The maximum Gasteiger partial charge on any atom is 0.256 e. The number of nitrogens with one attached hydrogen (secondary N) is 1. The monoisotopic (exact) mass is 403 g/mol. The van der Waals surface area contributed by atoms with Crippen LogP contribution in [0.5, 0.6) is 5.75 Å². The Morgan fingerprint density at radius 3 is 2.79 bits per heavy atom. The number of fused-ring (bicyclic) bond motifs is 1. The van der Waals surface area contributed by atoms with Crippen molar-refractivity contribution in [3.05, 3.63) is 27.7 Å². The molecule has 1 saturated carbocycles. The maximum absolute atomic E-state index is 13.1. The first-order chi connectivity index (χ1) is 14.2. The van der Waals surface area contributed by atoms with Gasteiger partial charge in [-0.25, -0.2) is 0 Å². The molecular weight excluding hydrogens is 370 g/mol. The van der Waals surface area contributed by atoms with E-state index in [9.17, 15) is 9.59 Å². The molecule has 1 aromatic rings. The Kier molecular flexibility index (Phi) is 6.87. The van der Waals surface area contributed by atoms with Crippen LogP contribution in [0.4, 0.5) is 0 Å². The van der Waals surface area contributed by atoms with Gasteiger partial charge >= 0.3 is 0 Å². The maximum atomic E-state index is 13.1. The third-order valence-electron chi connectivity index (χ3n) is 6.12. The van der Waals surface area contributed by atoms with E-state index in [0.717, 1.165) is 70.6 Å². The third kappa shape index (κ3) is 5.39. The normalized spacial score (nSPS) is 20.0. The Labute approximate surface area is 172 Å². The fourth-order valence-electron chi connectivity index (χ4n) is 4.18. The molecule has 0 spiro atoms. The standard InChI is InChI=1S/C22H33N3O4/c26-20-15-19(29-16-17-6-7-17)21(18-5-2-1-3-10-25(18)20)22(27)23-8-4-9-24-11-13-28-14-12-24/h15,17H,1-14,16H2,(H,23,27). The van der Waals surface area contributed by atoms with Crippen LogP contribution in [0, 0.1) is 5.92 Å². The van der Waals surface area contributed by atoms with Crippen LogP contribution >= 0.6 is 0 Å². The molecule has 1 aliphatic carbocycles. The molecule has 160 valence electrons. The first kappa shape index (κ1) is 20.4. The van der Waals surface area contributed by atoms with Gasteiger partial charge in [0.2, 0.25) is 0 Å². The molecule has 2 fully saturated rings. The molecule has 0 aromatic carbocycles. The number of nitrogens with zero attached hydrogens (tertiary/aromatic N) is 2. The summed E-state index contributed by atoms with van der Waals surface area (Å²) in [5.74, 6) is 0.935. The van der Waals surface area contributed by atoms with E-state index in [0.29, 0.717) is 36.9 Å². The van der Waals surface area contributed by atoms with E-state index in [1.54, 1.807) is 4.57 Å². The van der Waals surface area contributed by atoms with Gasteiger partial charge < -0.3 is 19.4 Å². The van der Waals surface area contributed by atoms with Crippen LogP contribution in [0.2, 0.25) is 0 Å².